The molecule has 0 aromatic heterocycles. The van der Waals surface area contributed by atoms with Crippen LogP contribution in [0.3, 0.4) is 0 Å². The smallest absolute Gasteiger partial charge is 1.00 e. The standard InChI is InChI=1S/C23H21.C7H9.CH2.2ClH.Zr/c1-22(2)7-5-14-10-18-16(12-20(14)22)9-17-13-21-15(11-19(17)18)6-8-23(21,3)4;1-6-3-4-7(2)5-6;;;;/h5-7,10-13H,9H2,1-4H3;3-5H,1-2H3;1H2;2*1H;/q2*-1;;;;+2/p-2. The second-order valence-corrected chi connectivity index (χ2v) is 10.3. The Morgan fingerprint density at radius 2 is 1.44 bits per heavy atom. The van der Waals surface area contributed by atoms with E-state index in [2.05, 4.69) is 113 Å². The van der Waals surface area contributed by atoms with Gasteiger partial charge in [-0.1, -0.05) is 71.2 Å². The van der Waals surface area contributed by atoms with Gasteiger partial charge < -0.3 is 24.8 Å². The van der Waals surface area contributed by atoms with Crippen molar-refractivity contribution in [2.75, 3.05) is 0 Å². The molecule has 3 aromatic rings. The Kier molecular flexibility index (Phi) is 9.07. The van der Waals surface area contributed by atoms with E-state index >= 15 is 0 Å². The second kappa shape index (κ2) is 10.7. The van der Waals surface area contributed by atoms with Crippen LogP contribution in [0.1, 0.15) is 72.2 Å². The average molecular weight is 567 g/mol. The number of allylic oxidation sites excluding steroid dienone is 2. The summed E-state index contributed by atoms with van der Waals surface area (Å²) in [6.45, 7) is 13.3. The van der Waals surface area contributed by atoms with E-state index in [1.807, 2.05) is 0 Å². The Morgan fingerprint density at radius 1 is 0.853 bits per heavy atom. The van der Waals surface area contributed by atoms with Gasteiger partial charge in [-0.15, -0.1) is 11.6 Å². The van der Waals surface area contributed by atoms with Crippen molar-refractivity contribution in [1.29, 1.82) is 0 Å². The number of aryl methyl sites for hydroxylation is 2. The molecule has 0 bridgehead atoms. The molecule has 0 saturated heterocycles. The Bertz CT molecular complexity index is 1160. The second-order valence-electron chi connectivity index (χ2n) is 10.3. The molecule has 3 aliphatic carbocycles. The van der Waals surface area contributed by atoms with Gasteiger partial charge in [0, 0.05) is 5.41 Å². The van der Waals surface area contributed by atoms with Crippen LogP contribution in [0.2, 0.25) is 0 Å². The maximum atomic E-state index is 3.50. The van der Waals surface area contributed by atoms with E-state index in [1.54, 1.807) is 0 Å². The van der Waals surface area contributed by atoms with Crippen molar-refractivity contribution in [1.82, 2.24) is 0 Å². The number of halogens is 2. The van der Waals surface area contributed by atoms with E-state index < -0.39 is 0 Å². The Labute approximate surface area is 233 Å². The summed E-state index contributed by atoms with van der Waals surface area (Å²) in [5.74, 6) is 0. The fraction of sp³-hybridized carbons (Fsp3) is 0.290. The molecule has 0 saturated carbocycles. The molecule has 34 heavy (non-hydrogen) atoms. The maximum Gasteiger partial charge on any atom is -1.00 e. The topological polar surface area (TPSA) is 0 Å². The SMILES string of the molecule is CC1(C)[C-]=Cc2cc3c(cc21)Cc1cc2c(cc1-3)C=CC2(C)C.Cc1c[cH-]c(C)c1.[CH2]=[Zr+2].[Cl-].[Cl-]. The first-order valence-electron chi connectivity index (χ1n) is 11.3. The molecule has 0 spiro atoms. The summed E-state index contributed by atoms with van der Waals surface area (Å²) in [6, 6.07) is 16.1. The molecule has 3 heteroatoms. The molecule has 0 aliphatic heterocycles. The van der Waals surface area contributed by atoms with E-state index in [0.717, 1.165) is 6.42 Å². The molecule has 0 atom stereocenters. The summed E-state index contributed by atoms with van der Waals surface area (Å²) >= 11 is 1.30. The molecule has 0 amide bonds. The van der Waals surface area contributed by atoms with Gasteiger partial charge in [-0.3, -0.25) is 6.08 Å². The molecule has 3 aliphatic rings. The number of benzene rings is 2. The van der Waals surface area contributed by atoms with Gasteiger partial charge in [0.2, 0.25) is 0 Å². The third-order valence-electron chi connectivity index (χ3n) is 6.92. The normalized spacial score (nSPS) is 15.9. The molecular formula is C31H32Cl2Zr-2. The van der Waals surface area contributed by atoms with Crippen molar-refractivity contribution in [3.8, 4) is 11.1 Å². The largest absolute Gasteiger partial charge is 1.00 e. The van der Waals surface area contributed by atoms with Crippen LogP contribution in [-0.4, -0.2) is 4.21 Å². The van der Waals surface area contributed by atoms with Gasteiger partial charge in [-0.2, -0.15) is 23.3 Å². The third kappa shape index (κ3) is 5.23. The van der Waals surface area contributed by atoms with E-state index in [0.29, 0.717) is 0 Å². The van der Waals surface area contributed by atoms with Crippen molar-refractivity contribution >= 4 is 16.4 Å². The van der Waals surface area contributed by atoms with Crippen molar-refractivity contribution in [2.24, 2.45) is 0 Å². The monoisotopic (exact) mass is 564 g/mol. The van der Waals surface area contributed by atoms with Crippen LogP contribution in [0.15, 0.2) is 48.5 Å². The number of fused-ring (bicyclic) bond motifs is 5. The van der Waals surface area contributed by atoms with Gasteiger partial charge in [0.05, 0.1) is 0 Å². The summed E-state index contributed by atoms with van der Waals surface area (Å²) in [5.41, 5.74) is 14.4. The Morgan fingerprint density at radius 3 is 1.97 bits per heavy atom. The molecule has 176 valence electrons. The molecule has 3 aromatic carbocycles. The summed E-state index contributed by atoms with van der Waals surface area (Å²) in [4.78, 5) is 0. The molecule has 6 rings (SSSR count). The fourth-order valence-corrected chi connectivity index (χ4v) is 5.12. The van der Waals surface area contributed by atoms with Crippen LogP contribution in [0.25, 0.3) is 23.3 Å². The molecule has 0 heterocycles. The van der Waals surface area contributed by atoms with Gasteiger partial charge in [-0.05, 0) is 45.9 Å². The molecule has 0 N–H and O–H groups in total. The Balaban J connectivity index is 0.000000320. The van der Waals surface area contributed by atoms with E-state index in [9.17, 15) is 0 Å². The van der Waals surface area contributed by atoms with Gasteiger partial charge in [0.15, 0.2) is 0 Å². The third-order valence-corrected chi connectivity index (χ3v) is 6.92. The van der Waals surface area contributed by atoms with Crippen molar-refractivity contribution in [3.05, 3.63) is 99.1 Å². The summed E-state index contributed by atoms with van der Waals surface area (Å²) in [6.07, 6.45) is 11.4. The minimum absolute atomic E-state index is 0. The van der Waals surface area contributed by atoms with Crippen molar-refractivity contribution in [3.63, 3.8) is 0 Å². The van der Waals surface area contributed by atoms with E-state index in [1.165, 1.54) is 79.9 Å². The zero-order chi connectivity index (χ0) is 23.3. The zero-order valence-corrected chi connectivity index (χ0v) is 24.9. The number of rotatable bonds is 0. The van der Waals surface area contributed by atoms with Gasteiger partial charge in [0.1, 0.15) is 0 Å². The van der Waals surface area contributed by atoms with E-state index in [4.69, 9.17) is 0 Å². The van der Waals surface area contributed by atoms with Crippen LogP contribution in [-0.2, 0) is 41.5 Å². The van der Waals surface area contributed by atoms with Gasteiger partial charge in [-0.25, -0.2) is 17.7 Å². The van der Waals surface area contributed by atoms with Crippen molar-refractivity contribution < 1.29 is 49.0 Å². The average Bonchev–Trinajstić information content (AvgIpc) is 3.47. The van der Waals surface area contributed by atoms with Crippen LogP contribution in [0.4, 0.5) is 0 Å². The number of hydrogen-bond acceptors (Lipinski definition) is 0. The minimum Gasteiger partial charge on any atom is -1.00 e. The zero-order valence-electron chi connectivity index (χ0n) is 20.9. The van der Waals surface area contributed by atoms with Crippen LogP contribution >= 0.6 is 0 Å². The maximum absolute atomic E-state index is 3.50. The summed E-state index contributed by atoms with van der Waals surface area (Å²) in [5, 5.41) is 0. The number of hydrogen-bond donors (Lipinski definition) is 0. The molecule has 0 radical (unpaired) electrons. The molecule has 0 fully saturated rings. The first-order chi connectivity index (χ1) is 15.1. The predicted molar refractivity (Wildman–Crippen MR) is 136 cm³/mol. The predicted octanol–water partition coefficient (Wildman–Crippen LogP) is 1.67. The van der Waals surface area contributed by atoms with Crippen molar-refractivity contribution in [2.45, 2.75) is 58.8 Å². The molecular weight excluding hydrogens is 534 g/mol. The van der Waals surface area contributed by atoms with Gasteiger partial charge in [0.25, 0.3) is 0 Å². The fourth-order valence-electron chi connectivity index (χ4n) is 5.12. The summed E-state index contributed by atoms with van der Waals surface area (Å²) in [7, 11) is 0. The first kappa shape index (κ1) is 28.8. The molecule has 0 nitrogen and oxygen atoms in total. The van der Waals surface area contributed by atoms with E-state index in [-0.39, 0.29) is 35.6 Å². The van der Waals surface area contributed by atoms with Crippen LogP contribution in [0, 0.1) is 19.9 Å². The van der Waals surface area contributed by atoms with Crippen LogP contribution < -0.4 is 24.8 Å². The van der Waals surface area contributed by atoms with Gasteiger partial charge >= 0.3 is 28.4 Å². The first-order valence-corrected chi connectivity index (χ1v) is 13.1. The molecule has 0 unspecified atom stereocenters. The Hall–Kier alpha value is -1.40. The van der Waals surface area contributed by atoms with Crippen LogP contribution in [0.5, 0.6) is 0 Å². The quantitative estimate of drug-likeness (QED) is 0.284. The minimum atomic E-state index is 0. The summed E-state index contributed by atoms with van der Waals surface area (Å²) < 4.78 is 3.34.